The monoisotopic (exact) mass is 880 g/mol. The lowest BCUT2D eigenvalue weighted by Crippen LogP contribution is -2.63. The summed E-state index contributed by atoms with van der Waals surface area (Å²) in [6.45, 7) is 24.9. The Hall–Kier alpha value is -5.34. The first kappa shape index (κ1) is 53.8. The summed E-state index contributed by atoms with van der Waals surface area (Å²) in [5.41, 5.74) is -2.38. The Morgan fingerprint density at radius 2 is 1.30 bits per heavy atom. The average molecular weight is 880 g/mol. The largest absolute Gasteiger partial charge is 0.460 e. The lowest BCUT2D eigenvalue weighted by atomic mass is 9.76. The minimum atomic E-state index is -1.11. The molecule has 1 aromatic carbocycles. The van der Waals surface area contributed by atoms with Crippen molar-refractivity contribution in [1.29, 1.82) is 0 Å². The van der Waals surface area contributed by atoms with Crippen LogP contribution in [0.2, 0.25) is 0 Å². The molecule has 0 spiro atoms. The molecular weight excluding hydrogens is 807 g/mol. The van der Waals surface area contributed by atoms with E-state index in [9.17, 15) is 38.4 Å². The van der Waals surface area contributed by atoms with Gasteiger partial charge in [0.05, 0.1) is 12.1 Å². The number of ketones is 1. The molecule has 1 aliphatic heterocycles. The zero-order valence-corrected chi connectivity index (χ0v) is 40.5. The second-order valence-corrected chi connectivity index (χ2v) is 20.3. The molecule has 0 bridgehead atoms. The number of likely N-dealkylation sites (N-methyl/N-ethyl adjacent to an activating group) is 2. The van der Waals surface area contributed by atoms with Crippen LogP contribution in [0.25, 0.3) is 0 Å². The number of ether oxygens (including phenoxy) is 2. The summed E-state index contributed by atoms with van der Waals surface area (Å²) in [6.07, 6.45) is 3.10. The fourth-order valence-corrected chi connectivity index (χ4v) is 7.23. The molecule has 350 valence electrons. The summed E-state index contributed by atoms with van der Waals surface area (Å²) in [4.78, 5) is 111. The van der Waals surface area contributed by atoms with Crippen LogP contribution in [0.3, 0.4) is 0 Å². The summed E-state index contributed by atoms with van der Waals surface area (Å²) in [5.74, 6) is -3.71. The van der Waals surface area contributed by atoms with Crippen molar-refractivity contribution in [2.75, 3.05) is 20.6 Å². The van der Waals surface area contributed by atoms with Crippen LogP contribution in [0.4, 0.5) is 4.79 Å². The maximum atomic E-state index is 14.6. The number of imide groups is 1. The van der Waals surface area contributed by atoms with Crippen LogP contribution in [0.15, 0.2) is 54.1 Å². The van der Waals surface area contributed by atoms with Crippen molar-refractivity contribution < 1.29 is 47.8 Å². The van der Waals surface area contributed by atoms with Crippen molar-refractivity contribution in [3.63, 3.8) is 0 Å². The van der Waals surface area contributed by atoms with Gasteiger partial charge in [0.25, 0.3) is 11.8 Å². The number of hydrogen-bond acceptors (Lipinski definition) is 10. The molecule has 0 saturated heterocycles. The number of carbonyl (C=O) groups is 8. The first-order valence-electron chi connectivity index (χ1n) is 21.6. The summed E-state index contributed by atoms with van der Waals surface area (Å²) in [5, 5.41) is 5.76. The Labute approximate surface area is 374 Å². The van der Waals surface area contributed by atoms with Gasteiger partial charge in [0.1, 0.15) is 23.3 Å². The van der Waals surface area contributed by atoms with E-state index in [0.717, 1.165) is 22.6 Å². The molecule has 1 heterocycles. The highest BCUT2D eigenvalue weighted by Crippen LogP contribution is 2.32. The Bertz CT molecular complexity index is 1880. The van der Waals surface area contributed by atoms with E-state index in [0.29, 0.717) is 0 Å². The first-order valence-corrected chi connectivity index (χ1v) is 21.6. The van der Waals surface area contributed by atoms with Crippen LogP contribution in [0.5, 0.6) is 0 Å². The SMILES string of the molecule is C/C(=C\[C@H](C(C)C)N(C)C(=O)[C@@H](NC(=O)[C@@H](N(C)C(=O)OC(C)(C)C)C(C)(C)c1ccccc1)C(C)(C)C)C(=O)N[C@@H](CCC(=O)OC(C)(C)C)C(=O)CCCN1C(=O)C=CC1=O. The van der Waals surface area contributed by atoms with E-state index in [1.54, 1.807) is 61.6 Å². The van der Waals surface area contributed by atoms with E-state index >= 15 is 0 Å². The highest BCUT2D eigenvalue weighted by molar-refractivity contribution is 6.12. The number of carbonyl (C=O) groups excluding carboxylic acids is 8. The molecule has 15 heteroatoms. The molecule has 0 radical (unpaired) electrons. The summed E-state index contributed by atoms with van der Waals surface area (Å²) in [7, 11) is 3.10. The number of Topliss-reactive ketones (excluding diaryl/α,β-unsaturated/α-hetero) is 1. The number of esters is 1. The van der Waals surface area contributed by atoms with Crippen LogP contribution >= 0.6 is 0 Å². The van der Waals surface area contributed by atoms with E-state index in [2.05, 4.69) is 10.6 Å². The number of nitrogens with one attached hydrogen (secondary N) is 2. The zero-order chi connectivity index (χ0) is 48.4. The number of benzene rings is 1. The minimum Gasteiger partial charge on any atom is -0.460 e. The third kappa shape index (κ3) is 16.1. The molecule has 1 aromatic rings. The predicted molar refractivity (Wildman–Crippen MR) is 241 cm³/mol. The van der Waals surface area contributed by atoms with Gasteiger partial charge in [-0.2, -0.15) is 0 Å². The molecule has 15 nitrogen and oxygen atoms in total. The van der Waals surface area contributed by atoms with Gasteiger partial charge in [-0.1, -0.05) is 84.9 Å². The summed E-state index contributed by atoms with van der Waals surface area (Å²) < 4.78 is 11.1. The average Bonchev–Trinajstić information content (AvgIpc) is 3.47. The van der Waals surface area contributed by atoms with Crippen LogP contribution in [0.1, 0.15) is 128 Å². The smallest absolute Gasteiger partial charge is 0.410 e. The Morgan fingerprint density at radius 3 is 1.79 bits per heavy atom. The highest BCUT2D eigenvalue weighted by atomic mass is 16.6. The molecule has 0 fully saturated rings. The van der Waals surface area contributed by atoms with Gasteiger partial charge in [-0.05, 0) is 78.2 Å². The third-order valence-electron chi connectivity index (χ3n) is 10.6. The van der Waals surface area contributed by atoms with Crippen molar-refractivity contribution in [3.05, 3.63) is 59.7 Å². The van der Waals surface area contributed by atoms with Crippen LogP contribution in [-0.4, -0.2) is 118 Å². The van der Waals surface area contributed by atoms with Crippen molar-refractivity contribution in [3.8, 4) is 0 Å². The fraction of sp³-hybridized carbons (Fsp3) is 0.625. The third-order valence-corrected chi connectivity index (χ3v) is 10.6. The van der Waals surface area contributed by atoms with Crippen molar-refractivity contribution in [1.82, 2.24) is 25.3 Å². The van der Waals surface area contributed by atoms with Gasteiger partial charge < -0.3 is 25.0 Å². The normalized spacial score (nSPS) is 15.6. The van der Waals surface area contributed by atoms with E-state index < -0.39 is 93.6 Å². The Morgan fingerprint density at radius 1 is 0.762 bits per heavy atom. The molecule has 4 atom stereocenters. The topological polar surface area (TPSA) is 189 Å². The Balaban J connectivity index is 2.43. The number of amides is 6. The molecule has 0 aromatic heterocycles. The van der Waals surface area contributed by atoms with Gasteiger partial charge in [0.15, 0.2) is 5.78 Å². The van der Waals surface area contributed by atoms with Crippen molar-refractivity contribution >= 4 is 47.4 Å². The summed E-state index contributed by atoms with van der Waals surface area (Å²) >= 11 is 0. The van der Waals surface area contributed by atoms with E-state index in [1.807, 2.05) is 78.8 Å². The highest BCUT2D eigenvalue weighted by Gasteiger charge is 2.46. The molecule has 2 N–H and O–H groups in total. The zero-order valence-electron chi connectivity index (χ0n) is 40.5. The maximum absolute atomic E-state index is 14.6. The van der Waals surface area contributed by atoms with Gasteiger partial charge in [0.2, 0.25) is 17.7 Å². The maximum Gasteiger partial charge on any atom is 0.410 e. The Kier molecular flexibility index (Phi) is 18.6. The van der Waals surface area contributed by atoms with Crippen molar-refractivity contribution in [2.24, 2.45) is 11.3 Å². The fourth-order valence-electron chi connectivity index (χ4n) is 7.23. The van der Waals surface area contributed by atoms with E-state index in [-0.39, 0.29) is 43.7 Å². The number of nitrogens with zero attached hydrogens (tertiary/aromatic N) is 3. The van der Waals surface area contributed by atoms with E-state index in [4.69, 9.17) is 9.47 Å². The van der Waals surface area contributed by atoms with Gasteiger partial charge in [-0.15, -0.1) is 0 Å². The molecular formula is C48H73N5O10. The van der Waals surface area contributed by atoms with Gasteiger partial charge in [-0.3, -0.25) is 43.4 Å². The molecule has 0 unspecified atom stereocenters. The van der Waals surface area contributed by atoms with Crippen LogP contribution < -0.4 is 10.6 Å². The molecule has 0 saturated carbocycles. The van der Waals surface area contributed by atoms with Gasteiger partial charge >= 0.3 is 12.1 Å². The minimum absolute atomic E-state index is 0.0143. The molecule has 0 aliphatic carbocycles. The van der Waals surface area contributed by atoms with Gasteiger partial charge in [-0.25, -0.2) is 4.79 Å². The van der Waals surface area contributed by atoms with Crippen LogP contribution in [-0.2, 0) is 48.5 Å². The summed E-state index contributed by atoms with van der Waals surface area (Å²) in [6, 6.07) is 5.35. The molecule has 1 aliphatic rings. The van der Waals surface area contributed by atoms with E-state index in [1.165, 1.54) is 16.8 Å². The number of rotatable bonds is 19. The second-order valence-electron chi connectivity index (χ2n) is 20.3. The molecule has 63 heavy (non-hydrogen) atoms. The molecule has 2 rings (SSSR count). The lowest BCUT2D eigenvalue weighted by Gasteiger charge is -2.42. The van der Waals surface area contributed by atoms with Crippen LogP contribution in [0, 0.1) is 11.3 Å². The first-order chi connectivity index (χ1) is 28.8. The standard InChI is InChI=1S/C48H73N5O10/c1-30(2)34(29-31(3)41(58)49-33(24-27-38(57)62-46(7,8)9)35(54)23-20-28-53-36(55)25-26-37(53)56)51(15)43(60)39(45(4,5)6)50-42(59)40(52(16)44(61)63-47(10,11)12)48(13,14)32-21-18-17-19-22-32/h17-19,21-22,25-26,29-30,33-34,39-40H,20,23-24,27-28H2,1-16H3,(H,49,58)(H,50,59)/b31-29+/t33-,34+,39+,40+/m0/s1. The quantitative estimate of drug-likeness (QED) is 0.0942. The lowest BCUT2D eigenvalue weighted by molar-refractivity contribution is -0.155. The predicted octanol–water partition coefficient (Wildman–Crippen LogP) is 6.04. The second kappa shape index (κ2) is 21.8. The number of hydrogen-bond donors (Lipinski definition) is 2. The molecule has 6 amide bonds. The van der Waals surface area contributed by atoms with Crippen molar-refractivity contribution in [2.45, 2.75) is 163 Å². The van der Waals surface area contributed by atoms with Gasteiger partial charge in [0, 0.05) is 56.6 Å².